The molecule has 0 aliphatic rings. The van der Waals surface area contributed by atoms with Crippen LogP contribution in [0.4, 0.5) is 23.2 Å². The third kappa shape index (κ3) is 5.95. The lowest BCUT2D eigenvalue weighted by Crippen LogP contribution is -2.29. The number of alkyl halides is 3. The number of hydrogen-bond donors (Lipinski definition) is 1. The van der Waals surface area contributed by atoms with E-state index in [4.69, 9.17) is 4.74 Å². The average Bonchev–Trinajstić information content (AvgIpc) is 2.61. The molecule has 1 N–H and O–H groups in total. The van der Waals surface area contributed by atoms with Gasteiger partial charge >= 0.3 is 12.1 Å². The highest BCUT2D eigenvalue weighted by Gasteiger charge is 2.30. The largest absolute Gasteiger partial charge is 0.449 e. The minimum Gasteiger partial charge on any atom is -0.449 e. The van der Waals surface area contributed by atoms with Gasteiger partial charge in [0.05, 0.1) is 11.3 Å². The summed E-state index contributed by atoms with van der Waals surface area (Å²) < 4.78 is 56.3. The third-order valence-electron chi connectivity index (χ3n) is 3.42. The molecule has 1 amide bonds. The fourth-order valence-electron chi connectivity index (χ4n) is 2.05. The topological polar surface area (TPSA) is 55.4 Å². The first-order valence-electron chi connectivity index (χ1n) is 7.78. The van der Waals surface area contributed by atoms with Gasteiger partial charge < -0.3 is 10.1 Å². The molecule has 0 radical (unpaired) electrons. The molecule has 0 saturated carbocycles. The molecule has 2 aromatic rings. The Morgan fingerprint density at radius 2 is 1.81 bits per heavy atom. The number of ether oxygens (including phenoxy) is 1. The molecular weight excluding hydrogens is 366 g/mol. The van der Waals surface area contributed by atoms with Crippen molar-refractivity contribution >= 4 is 23.6 Å². The van der Waals surface area contributed by atoms with Crippen LogP contribution in [0.3, 0.4) is 0 Å². The number of halogens is 4. The van der Waals surface area contributed by atoms with Gasteiger partial charge in [0.2, 0.25) is 0 Å². The standard InChI is InChI=1S/C19H15F4NO3/c1-12(18(26)24-16-8-3-2-7-15(16)20)27-17(25)10-9-13-5-4-6-14(11-13)19(21,22)23/h2-12H,1H3,(H,24,26)/b10-9+/t12-/m0/s1. The van der Waals surface area contributed by atoms with Crippen LogP contribution < -0.4 is 5.32 Å². The van der Waals surface area contributed by atoms with Gasteiger partial charge in [0.15, 0.2) is 6.10 Å². The van der Waals surface area contributed by atoms with Crippen LogP contribution in [-0.4, -0.2) is 18.0 Å². The van der Waals surface area contributed by atoms with E-state index in [2.05, 4.69) is 5.32 Å². The van der Waals surface area contributed by atoms with Gasteiger partial charge in [0.25, 0.3) is 5.91 Å². The van der Waals surface area contributed by atoms with Gasteiger partial charge in [-0.05, 0) is 42.8 Å². The number of benzene rings is 2. The average molecular weight is 381 g/mol. The maximum atomic E-state index is 13.5. The summed E-state index contributed by atoms with van der Waals surface area (Å²) in [5.41, 5.74) is -0.772. The summed E-state index contributed by atoms with van der Waals surface area (Å²) in [5, 5.41) is 2.27. The monoisotopic (exact) mass is 381 g/mol. The number of rotatable bonds is 5. The van der Waals surface area contributed by atoms with Gasteiger partial charge in [-0.3, -0.25) is 4.79 Å². The molecule has 0 aromatic heterocycles. The molecule has 0 spiro atoms. The molecule has 0 unspecified atom stereocenters. The lowest BCUT2D eigenvalue weighted by atomic mass is 10.1. The Labute approximate surface area is 152 Å². The van der Waals surface area contributed by atoms with E-state index in [0.717, 1.165) is 30.4 Å². The fourth-order valence-corrected chi connectivity index (χ4v) is 2.05. The van der Waals surface area contributed by atoms with Crippen molar-refractivity contribution in [1.29, 1.82) is 0 Å². The molecule has 142 valence electrons. The maximum Gasteiger partial charge on any atom is 0.416 e. The lowest BCUT2D eigenvalue weighted by molar-refractivity contribution is -0.148. The second-order valence-electron chi connectivity index (χ2n) is 5.50. The summed E-state index contributed by atoms with van der Waals surface area (Å²) >= 11 is 0. The summed E-state index contributed by atoms with van der Waals surface area (Å²) in [6.07, 6.45) is -3.69. The normalized spacial score (nSPS) is 12.6. The smallest absolute Gasteiger partial charge is 0.416 e. The van der Waals surface area contributed by atoms with Gasteiger partial charge in [-0.1, -0.05) is 24.3 Å². The van der Waals surface area contributed by atoms with Crippen LogP contribution in [0.15, 0.2) is 54.6 Å². The van der Waals surface area contributed by atoms with Crippen LogP contribution in [-0.2, 0) is 20.5 Å². The molecule has 0 bridgehead atoms. The van der Waals surface area contributed by atoms with Crippen molar-refractivity contribution in [2.75, 3.05) is 5.32 Å². The lowest BCUT2D eigenvalue weighted by Gasteiger charge is -2.12. The van der Waals surface area contributed by atoms with E-state index in [1.54, 1.807) is 0 Å². The predicted octanol–water partition coefficient (Wildman–Crippen LogP) is 4.43. The molecule has 1 atom stereocenters. The Morgan fingerprint density at radius 1 is 1.11 bits per heavy atom. The van der Waals surface area contributed by atoms with E-state index in [1.807, 2.05) is 0 Å². The van der Waals surface area contributed by atoms with E-state index >= 15 is 0 Å². The van der Waals surface area contributed by atoms with E-state index in [0.29, 0.717) is 0 Å². The minimum absolute atomic E-state index is 0.0649. The third-order valence-corrected chi connectivity index (χ3v) is 3.42. The Hall–Kier alpha value is -3.16. The van der Waals surface area contributed by atoms with Crippen LogP contribution in [0, 0.1) is 5.82 Å². The molecule has 0 fully saturated rings. The second-order valence-corrected chi connectivity index (χ2v) is 5.50. The predicted molar refractivity (Wildman–Crippen MR) is 91.1 cm³/mol. The number of hydrogen-bond acceptors (Lipinski definition) is 3. The number of esters is 1. The number of para-hydroxylation sites is 1. The van der Waals surface area contributed by atoms with Gasteiger partial charge in [-0.2, -0.15) is 13.2 Å². The van der Waals surface area contributed by atoms with Crippen LogP contribution >= 0.6 is 0 Å². The summed E-state index contributed by atoms with van der Waals surface area (Å²) in [7, 11) is 0. The van der Waals surface area contributed by atoms with E-state index in [-0.39, 0.29) is 11.3 Å². The molecule has 27 heavy (non-hydrogen) atoms. The van der Waals surface area contributed by atoms with Crippen molar-refractivity contribution in [3.63, 3.8) is 0 Å². The summed E-state index contributed by atoms with van der Waals surface area (Å²) in [4.78, 5) is 23.7. The molecule has 2 rings (SSSR count). The number of nitrogens with one attached hydrogen (secondary N) is 1. The van der Waals surface area contributed by atoms with Crippen LogP contribution in [0.2, 0.25) is 0 Å². The van der Waals surface area contributed by atoms with Gasteiger partial charge in [-0.25, -0.2) is 9.18 Å². The molecule has 4 nitrogen and oxygen atoms in total. The van der Waals surface area contributed by atoms with E-state index < -0.39 is 35.5 Å². The Balaban J connectivity index is 1.95. The van der Waals surface area contributed by atoms with Crippen LogP contribution in [0.1, 0.15) is 18.1 Å². The zero-order chi connectivity index (χ0) is 20.0. The Morgan fingerprint density at radius 3 is 2.48 bits per heavy atom. The minimum atomic E-state index is -4.50. The molecule has 2 aromatic carbocycles. The van der Waals surface area contributed by atoms with Crippen molar-refractivity contribution in [2.45, 2.75) is 19.2 Å². The number of carbonyl (C=O) groups is 2. The van der Waals surface area contributed by atoms with Gasteiger partial charge in [0, 0.05) is 6.08 Å². The van der Waals surface area contributed by atoms with Crippen molar-refractivity contribution in [3.8, 4) is 0 Å². The van der Waals surface area contributed by atoms with Crippen molar-refractivity contribution in [3.05, 3.63) is 71.6 Å². The number of amides is 1. The first-order valence-corrected chi connectivity index (χ1v) is 7.78. The van der Waals surface area contributed by atoms with Gasteiger partial charge in [-0.15, -0.1) is 0 Å². The number of carbonyl (C=O) groups excluding carboxylic acids is 2. The molecule has 0 heterocycles. The highest BCUT2D eigenvalue weighted by Crippen LogP contribution is 2.29. The van der Waals surface area contributed by atoms with Crippen molar-refractivity contribution in [2.24, 2.45) is 0 Å². The van der Waals surface area contributed by atoms with Crippen molar-refractivity contribution in [1.82, 2.24) is 0 Å². The van der Waals surface area contributed by atoms with Crippen LogP contribution in [0.25, 0.3) is 6.08 Å². The highest BCUT2D eigenvalue weighted by molar-refractivity contribution is 5.96. The first-order chi connectivity index (χ1) is 12.7. The van der Waals surface area contributed by atoms with E-state index in [1.165, 1.54) is 37.3 Å². The molecule has 0 saturated heterocycles. The molecule has 8 heteroatoms. The zero-order valence-corrected chi connectivity index (χ0v) is 14.1. The molecule has 0 aliphatic carbocycles. The van der Waals surface area contributed by atoms with Crippen molar-refractivity contribution < 1.29 is 31.9 Å². The Bertz CT molecular complexity index is 862. The molecule has 0 aliphatic heterocycles. The number of anilines is 1. The van der Waals surface area contributed by atoms with Crippen LogP contribution in [0.5, 0.6) is 0 Å². The maximum absolute atomic E-state index is 13.5. The Kier molecular flexibility index (Phi) is 6.33. The SMILES string of the molecule is C[C@H](OC(=O)/C=C/c1cccc(C(F)(F)F)c1)C(=O)Nc1ccccc1F. The fraction of sp³-hybridized carbons (Fsp3) is 0.158. The summed E-state index contributed by atoms with van der Waals surface area (Å²) in [5.74, 6) is -2.32. The highest BCUT2D eigenvalue weighted by atomic mass is 19.4. The second kappa shape index (κ2) is 8.48. The van der Waals surface area contributed by atoms with E-state index in [9.17, 15) is 27.2 Å². The zero-order valence-electron chi connectivity index (χ0n) is 14.1. The van der Waals surface area contributed by atoms with Gasteiger partial charge in [0.1, 0.15) is 5.82 Å². The summed E-state index contributed by atoms with van der Waals surface area (Å²) in [6.45, 7) is 1.28. The molecular formula is C19H15F4NO3. The quantitative estimate of drug-likeness (QED) is 0.474. The summed E-state index contributed by atoms with van der Waals surface area (Å²) in [6, 6.07) is 9.84. The first kappa shape index (κ1) is 20.2.